The third-order valence-corrected chi connectivity index (χ3v) is 2.71. The van der Waals surface area contributed by atoms with Crippen molar-refractivity contribution in [2.75, 3.05) is 20.7 Å². The SMILES string of the molecule is CN=C(NCCC(=O)OC)NCc1ccccc1OC(F)F.I. The van der Waals surface area contributed by atoms with E-state index in [9.17, 15) is 13.6 Å². The number of esters is 1. The highest BCUT2D eigenvalue weighted by Crippen LogP contribution is 2.19. The van der Waals surface area contributed by atoms with Crippen molar-refractivity contribution >= 4 is 35.9 Å². The van der Waals surface area contributed by atoms with E-state index in [0.717, 1.165) is 0 Å². The maximum absolute atomic E-state index is 12.3. The second kappa shape index (κ2) is 11.9. The van der Waals surface area contributed by atoms with Crippen molar-refractivity contribution in [1.82, 2.24) is 10.6 Å². The Labute approximate surface area is 150 Å². The number of rotatable bonds is 7. The lowest BCUT2D eigenvalue weighted by Crippen LogP contribution is -2.38. The first-order valence-corrected chi connectivity index (χ1v) is 6.61. The van der Waals surface area contributed by atoms with E-state index in [1.807, 2.05) is 0 Å². The fourth-order valence-corrected chi connectivity index (χ4v) is 1.65. The van der Waals surface area contributed by atoms with Gasteiger partial charge in [-0.1, -0.05) is 18.2 Å². The van der Waals surface area contributed by atoms with Crippen LogP contribution in [0.15, 0.2) is 29.3 Å². The Morgan fingerprint density at radius 2 is 2.00 bits per heavy atom. The minimum Gasteiger partial charge on any atom is -0.469 e. The fraction of sp³-hybridized carbons (Fsp3) is 0.429. The summed E-state index contributed by atoms with van der Waals surface area (Å²) in [6.45, 7) is -2.28. The molecule has 0 saturated heterocycles. The average Bonchev–Trinajstić information content (AvgIpc) is 2.51. The van der Waals surface area contributed by atoms with Crippen LogP contribution in [-0.4, -0.2) is 39.2 Å². The Bertz CT molecular complexity index is 516. The number of guanidine groups is 1. The molecule has 0 unspecified atom stereocenters. The number of benzene rings is 1. The summed E-state index contributed by atoms with van der Waals surface area (Å²) >= 11 is 0. The van der Waals surface area contributed by atoms with Crippen LogP contribution in [0.2, 0.25) is 0 Å². The van der Waals surface area contributed by atoms with Crippen LogP contribution in [0, 0.1) is 0 Å². The van der Waals surface area contributed by atoms with Crippen LogP contribution in [0.1, 0.15) is 12.0 Å². The molecule has 0 amide bonds. The molecule has 0 atom stereocenters. The van der Waals surface area contributed by atoms with Crippen molar-refractivity contribution in [1.29, 1.82) is 0 Å². The van der Waals surface area contributed by atoms with Crippen LogP contribution in [0.5, 0.6) is 5.75 Å². The van der Waals surface area contributed by atoms with Crippen LogP contribution in [-0.2, 0) is 16.1 Å². The molecule has 0 aromatic heterocycles. The summed E-state index contributed by atoms with van der Waals surface area (Å²) in [6, 6.07) is 6.48. The molecule has 0 saturated carbocycles. The molecule has 1 rings (SSSR count). The highest BCUT2D eigenvalue weighted by molar-refractivity contribution is 14.0. The highest BCUT2D eigenvalue weighted by Gasteiger charge is 2.09. The van der Waals surface area contributed by atoms with Gasteiger partial charge in [-0.3, -0.25) is 9.79 Å². The van der Waals surface area contributed by atoms with Crippen LogP contribution >= 0.6 is 24.0 Å². The molecule has 0 bridgehead atoms. The number of hydrogen-bond acceptors (Lipinski definition) is 4. The third kappa shape index (κ3) is 8.53. The zero-order chi connectivity index (χ0) is 16.4. The molecule has 23 heavy (non-hydrogen) atoms. The average molecular weight is 443 g/mol. The molecule has 0 heterocycles. The van der Waals surface area contributed by atoms with Gasteiger partial charge < -0.3 is 20.1 Å². The number of halogens is 3. The van der Waals surface area contributed by atoms with Crippen molar-refractivity contribution in [2.24, 2.45) is 4.99 Å². The van der Waals surface area contributed by atoms with Gasteiger partial charge in [-0.2, -0.15) is 8.78 Å². The van der Waals surface area contributed by atoms with Gasteiger partial charge in [0.1, 0.15) is 5.75 Å². The topological polar surface area (TPSA) is 72.0 Å². The van der Waals surface area contributed by atoms with Crippen molar-refractivity contribution < 1.29 is 23.0 Å². The molecule has 0 fully saturated rings. The molecular weight excluding hydrogens is 423 g/mol. The largest absolute Gasteiger partial charge is 0.469 e. The summed E-state index contributed by atoms with van der Waals surface area (Å²) in [4.78, 5) is 15.0. The monoisotopic (exact) mass is 443 g/mol. The Kier molecular flexibility index (Phi) is 11.0. The van der Waals surface area contributed by atoms with Crippen LogP contribution in [0.4, 0.5) is 8.78 Å². The predicted octanol–water partition coefficient (Wildman–Crippen LogP) is 2.13. The number of alkyl halides is 2. The maximum Gasteiger partial charge on any atom is 0.387 e. The molecule has 1 aromatic carbocycles. The predicted molar refractivity (Wildman–Crippen MR) is 93.3 cm³/mol. The van der Waals surface area contributed by atoms with E-state index >= 15 is 0 Å². The summed E-state index contributed by atoms with van der Waals surface area (Å²) in [7, 11) is 2.88. The number of nitrogens with zero attached hydrogens (tertiary/aromatic N) is 1. The Balaban J connectivity index is 0.00000484. The van der Waals surface area contributed by atoms with Crippen molar-refractivity contribution in [3.8, 4) is 5.75 Å². The Morgan fingerprint density at radius 1 is 1.30 bits per heavy atom. The van der Waals surface area contributed by atoms with Gasteiger partial charge >= 0.3 is 12.6 Å². The molecule has 0 aliphatic heterocycles. The third-order valence-electron chi connectivity index (χ3n) is 2.71. The van der Waals surface area contributed by atoms with E-state index in [-0.39, 0.29) is 48.7 Å². The molecule has 0 aliphatic rings. The number of para-hydroxylation sites is 1. The first-order chi connectivity index (χ1) is 10.6. The maximum atomic E-state index is 12.3. The molecule has 0 spiro atoms. The number of aliphatic imine (C=N–C) groups is 1. The normalized spacial score (nSPS) is 10.7. The Morgan fingerprint density at radius 3 is 2.61 bits per heavy atom. The van der Waals surface area contributed by atoms with Gasteiger partial charge in [0.2, 0.25) is 0 Å². The standard InChI is InChI=1S/C14H19F2N3O3.HI/c1-17-14(18-8-7-12(20)21-2)19-9-10-5-3-4-6-11(10)22-13(15)16;/h3-6,13H,7-9H2,1-2H3,(H2,17,18,19);1H. The van der Waals surface area contributed by atoms with Gasteiger partial charge in [0.25, 0.3) is 0 Å². The summed E-state index contributed by atoms with van der Waals surface area (Å²) in [5.74, 6) is 0.212. The van der Waals surface area contributed by atoms with Gasteiger partial charge in [-0.25, -0.2) is 0 Å². The first kappa shape index (κ1) is 21.4. The number of hydrogen-bond donors (Lipinski definition) is 2. The minimum atomic E-state index is -2.88. The van der Waals surface area contributed by atoms with Gasteiger partial charge in [-0.05, 0) is 6.07 Å². The molecule has 1 aromatic rings. The van der Waals surface area contributed by atoms with Gasteiger partial charge in [0.15, 0.2) is 5.96 Å². The molecular formula is C14H20F2IN3O3. The lowest BCUT2D eigenvalue weighted by molar-refractivity contribution is -0.140. The fourth-order valence-electron chi connectivity index (χ4n) is 1.65. The molecule has 6 nitrogen and oxygen atoms in total. The van der Waals surface area contributed by atoms with E-state index in [0.29, 0.717) is 18.1 Å². The zero-order valence-corrected chi connectivity index (χ0v) is 15.2. The first-order valence-electron chi connectivity index (χ1n) is 6.61. The quantitative estimate of drug-likeness (QED) is 0.293. The van der Waals surface area contributed by atoms with Gasteiger partial charge in [0, 0.05) is 25.7 Å². The lowest BCUT2D eigenvalue weighted by Gasteiger charge is -2.14. The van der Waals surface area contributed by atoms with E-state index < -0.39 is 6.61 Å². The van der Waals surface area contributed by atoms with Gasteiger partial charge in [0.05, 0.1) is 13.5 Å². The smallest absolute Gasteiger partial charge is 0.387 e. The molecule has 9 heteroatoms. The van der Waals surface area contributed by atoms with Crippen molar-refractivity contribution in [3.63, 3.8) is 0 Å². The molecule has 0 aliphatic carbocycles. The van der Waals surface area contributed by atoms with Crippen LogP contribution in [0.3, 0.4) is 0 Å². The van der Waals surface area contributed by atoms with Crippen molar-refractivity contribution in [3.05, 3.63) is 29.8 Å². The molecule has 2 N–H and O–H groups in total. The number of carbonyl (C=O) groups excluding carboxylic acids is 1. The number of nitrogens with one attached hydrogen (secondary N) is 2. The van der Waals surface area contributed by atoms with E-state index in [1.54, 1.807) is 25.2 Å². The van der Waals surface area contributed by atoms with Gasteiger partial charge in [-0.15, -0.1) is 24.0 Å². The number of carbonyl (C=O) groups is 1. The summed E-state index contributed by atoms with van der Waals surface area (Å²) in [5.41, 5.74) is 0.568. The number of ether oxygens (including phenoxy) is 2. The van der Waals surface area contributed by atoms with Crippen LogP contribution in [0.25, 0.3) is 0 Å². The summed E-state index contributed by atoms with van der Waals surface area (Å²) in [6.07, 6.45) is 0.197. The second-order valence-corrected chi connectivity index (χ2v) is 4.16. The van der Waals surface area contributed by atoms with E-state index in [4.69, 9.17) is 0 Å². The van der Waals surface area contributed by atoms with E-state index in [2.05, 4.69) is 25.1 Å². The minimum absolute atomic E-state index is 0. The summed E-state index contributed by atoms with van der Waals surface area (Å²) < 4.78 is 33.6. The highest BCUT2D eigenvalue weighted by atomic mass is 127. The molecule has 130 valence electrons. The zero-order valence-electron chi connectivity index (χ0n) is 12.8. The lowest BCUT2D eigenvalue weighted by atomic mass is 10.2. The summed E-state index contributed by atoms with van der Waals surface area (Å²) in [5, 5.41) is 5.87. The van der Waals surface area contributed by atoms with Crippen molar-refractivity contribution in [2.45, 2.75) is 19.6 Å². The molecule has 0 radical (unpaired) electrons. The number of methoxy groups -OCH3 is 1. The second-order valence-electron chi connectivity index (χ2n) is 4.16. The van der Waals surface area contributed by atoms with Crippen LogP contribution < -0.4 is 15.4 Å². The Hall–Kier alpha value is -1.65. The van der Waals surface area contributed by atoms with E-state index in [1.165, 1.54) is 13.2 Å².